The van der Waals surface area contributed by atoms with Crippen molar-refractivity contribution in [2.45, 2.75) is 33.2 Å². The summed E-state index contributed by atoms with van der Waals surface area (Å²) in [6, 6.07) is 4.26. The van der Waals surface area contributed by atoms with Crippen molar-refractivity contribution in [2.75, 3.05) is 13.1 Å². The van der Waals surface area contributed by atoms with Gasteiger partial charge in [0.05, 0.1) is 0 Å². The monoisotopic (exact) mass is 204 g/mol. The lowest BCUT2D eigenvalue weighted by Gasteiger charge is -2.28. The third kappa shape index (κ3) is 2.78. The highest BCUT2D eigenvalue weighted by atomic mass is 15.1. The van der Waals surface area contributed by atoms with Gasteiger partial charge in [-0.25, -0.2) is 0 Å². The maximum Gasteiger partial charge on any atom is 0.0461 e. The van der Waals surface area contributed by atoms with Crippen molar-refractivity contribution in [1.82, 2.24) is 9.88 Å². The molecule has 1 aliphatic rings. The second-order valence-corrected chi connectivity index (χ2v) is 4.82. The van der Waals surface area contributed by atoms with E-state index in [0.717, 1.165) is 18.9 Å². The second kappa shape index (κ2) is 4.75. The summed E-state index contributed by atoms with van der Waals surface area (Å²) < 4.78 is 0. The maximum atomic E-state index is 4.42. The molecule has 0 radical (unpaired) electrons. The fourth-order valence-electron chi connectivity index (χ4n) is 2.06. The largest absolute Gasteiger partial charge is 0.299 e. The van der Waals surface area contributed by atoms with Crippen molar-refractivity contribution in [2.24, 2.45) is 5.92 Å². The van der Waals surface area contributed by atoms with E-state index in [1.807, 2.05) is 12.3 Å². The Hall–Kier alpha value is -0.890. The molecule has 0 saturated heterocycles. The summed E-state index contributed by atoms with van der Waals surface area (Å²) in [5, 5.41) is 0. The van der Waals surface area contributed by atoms with Crippen molar-refractivity contribution in [1.29, 1.82) is 0 Å². The minimum absolute atomic E-state index is 0.806. The minimum Gasteiger partial charge on any atom is -0.299 e. The zero-order chi connectivity index (χ0) is 10.7. The molecule has 0 unspecified atom stereocenters. The molecule has 82 valence electrons. The van der Waals surface area contributed by atoms with E-state index in [1.54, 1.807) is 0 Å². The number of pyridine rings is 1. The van der Waals surface area contributed by atoms with Crippen LogP contribution in [0.15, 0.2) is 18.3 Å². The van der Waals surface area contributed by atoms with E-state index in [2.05, 4.69) is 29.8 Å². The normalized spacial score (nSPS) is 16.7. The smallest absolute Gasteiger partial charge is 0.0461 e. The Labute approximate surface area is 92.3 Å². The number of fused-ring (bicyclic) bond motifs is 1. The molecular weight excluding hydrogens is 184 g/mol. The van der Waals surface area contributed by atoms with Crippen LogP contribution in [0.5, 0.6) is 0 Å². The van der Waals surface area contributed by atoms with Crippen LogP contribution in [0.2, 0.25) is 0 Å². The molecule has 0 N–H and O–H groups in total. The summed E-state index contributed by atoms with van der Waals surface area (Å²) in [5.74, 6) is 0.806. The van der Waals surface area contributed by atoms with E-state index in [-0.39, 0.29) is 0 Å². The molecule has 1 aromatic heterocycles. The molecule has 15 heavy (non-hydrogen) atoms. The molecule has 0 fully saturated rings. The van der Waals surface area contributed by atoms with E-state index >= 15 is 0 Å². The van der Waals surface area contributed by atoms with Crippen LogP contribution in [0.25, 0.3) is 0 Å². The van der Waals surface area contributed by atoms with Gasteiger partial charge in [-0.1, -0.05) is 19.9 Å². The Balaban J connectivity index is 1.94. The van der Waals surface area contributed by atoms with E-state index in [4.69, 9.17) is 0 Å². The molecule has 0 atom stereocenters. The van der Waals surface area contributed by atoms with Crippen molar-refractivity contribution in [3.63, 3.8) is 0 Å². The van der Waals surface area contributed by atoms with Gasteiger partial charge in [-0.2, -0.15) is 0 Å². The maximum absolute atomic E-state index is 4.42. The zero-order valence-electron chi connectivity index (χ0n) is 9.74. The molecule has 0 bridgehead atoms. The van der Waals surface area contributed by atoms with Crippen LogP contribution in [0.4, 0.5) is 0 Å². The summed E-state index contributed by atoms with van der Waals surface area (Å²) in [6.45, 7) is 8.08. The van der Waals surface area contributed by atoms with Crippen molar-refractivity contribution >= 4 is 0 Å². The molecule has 2 nitrogen and oxygen atoms in total. The summed E-state index contributed by atoms with van der Waals surface area (Å²) >= 11 is 0. The minimum atomic E-state index is 0.806. The first kappa shape index (κ1) is 10.6. The highest BCUT2D eigenvalue weighted by Crippen LogP contribution is 2.17. The molecule has 2 rings (SSSR count). The number of hydrogen-bond donors (Lipinski definition) is 0. The topological polar surface area (TPSA) is 16.1 Å². The molecule has 1 aliphatic heterocycles. The van der Waals surface area contributed by atoms with Crippen molar-refractivity contribution < 1.29 is 0 Å². The Kier molecular flexibility index (Phi) is 3.37. The van der Waals surface area contributed by atoms with E-state index in [0.29, 0.717) is 0 Å². The van der Waals surface area contributed by atoms with Gasteiger partial charge in [0.1, 0.15) is 0 Å². The van der Waals surface area contributed by atoms with Gasteiger partial charge in [0.25, 0.3) is 0 Å². The van der Waals surface area contributed by atoms with E-state index in [1.165, 1.54) is 30.8 Å². The molecular formula is C13H20N2. The van der Waals surface area contributed by atoms with Crippen LogP contribution in [0.1, 0.15) is 31.5 Å². The summed E-state index contributed by atoms with van der Waals surface area (Å²) in [6.07, 6.45) is 4.33. The average Bonchev–Trinajstić information content (AvgIpc) is 2.26. The highest BCUT2D eigenvalue weighted by Gasteiger charge is 2.16. The number of rotatable bonds is 3. The molecule has 0 aliphatic carbocycles. The van der Waals surface area contributed by atoms with Gasteiger partial charge in [0.15, 0.2) is 0 Å². The third-order valence-corrected chi connectivity index (χ3v) is 3.07. The van der Waals surface area contributed by atoms with Crippen LogP contribution in [-0.4, -0.2) is 23.0 Å². The Bertz CT molecular complexity index is 320. The summed E-state index contributed by atoms with van der Waals surface area (Å²) in [7, 11) is 0. The molecule has 2 heteroatoms. The van der Waals surface area contributed by atoms with Gasteiger partial charge >= 0.3 is 0 Å². The lowest BCUT2D eigenvalue weighted by atomic mass is 10.0. The Morgan fingerprint density at radius 2 is 2.33 bits per heavy atom. The van der Waals surface area contributed by atoms with Crippen molar-refractivity contribution in [3.8, 4) is 0 Å². The van der Waals surface area contributed by atoms with E-state index < -0.39 is 0 Å². The molecule has 0 aromatic carbocycles. The number of aromatic nitrogens is 1. The van der Waals surface area contributed by atoms with Crippen LogP contribution in [0, 0.1) is 5.92 Å². The SMILES string of the molecule is CC(C)CCN1CCc2ncccc2C1. The number of nitrogens with zero attached hydrogens (tertiary/aromatic N) is 2. The molecule has 0 saturated carbocycles. The predicted octanol–water partition coefficient (Wildman–Crippen LogP) is 2.49. The number of hydrogen-bond acceptors (Lipinski definition) is 2. The molecule has 0 amide bonds. The van der Waals surface area contributed by atoms with Crippen LogP contribution < -0.4 is 0 Å². The van der Waals surface area contributed by atoms with Crippen LogP contribution in [0.3, 0.4) is 0 Å². The second-order valence-electron chi connectivity index (χ2n) is 4.82. The molecule has 0 spiro atoms. The van der Waals surface area contributed by atoms with Crippen LogP contribution in [-0.2, 0) is 13.0 Å². The van der Waals surface area contributed by atoms with Gasteiger partial charge in [0, 0.05) is 31.4 Å². The van der Waals surface area contributed by atoms with Crippen molar-refractivity contribution in [3.05, 3.63) is 29.6 Å². The van der Waals surface area contributed by atoms with Gasteiger partial charge in [-0.3, -0.25) is 9.88 Å². The first-order chi connectivity index (χ1) is 7.25. The average molecular weight is 204 g/mol. The van der Waals surface area contributed by atoms with E-state index in [9.17, 15) is 0 Å². The Morgan fingerprint density at radius 1 is 1.47 bits per heavy atom. The lowest BCUT2D eigenvalue weighted by molar-refractivity contribution is 0.237. The summed E-state index contributed by atoms with van der Waals surface area (Å²) in [4.78, 5) is 6.97. The third-order valence-electron chi connectivity index (χ3n) is 3.07. The van der Waals surface area contributed by atoms with Gasteiger partial charge in [-0.05, 0) is 30.5 Å². The van der Waals surface area contributed by atoms with Gasteiger partial charge in [0.2, 0.25) is 0 Å². The fourth-order valence-corrected chi connectivity index (χ4v) is 2.06. The quantitative estimate of drug-likeness (QED) is 0.752. The zero-order valence-corrected chi connectivity index (χ0v) is 9.74. The summed E-state index contributed by atoms with van der Waals surface area (Å²) in [5.41, 5.74) is 2.73. The standard InChI is InChI=1S/C13H20N2/c1-11(2)5-8-15-9-6-13-12(10-15)4-3-7-14-13/h3-4,7,11H,5-6,8-10H2,1-2H3. The molecule has 1 aromatic rings. The highest BCUT2D eigenvalue weighted by molar-refractivity contribution is 5.22. The van der Waals surface area contributed by atoms with Gasteiger partial charge < -0.3 is 0 Å². The fraction of sp³-hybridized carbons (Fsp3) is 0.615. The van der Waals surface area contributed by atoms with Gasteiger partial charge in [-0.15, -0.1) is 0 Å². The first-order valence-electron chi connectivity index (χ1n) is 5.91. The molecule has 2 heterocycles. The van der Waals surface area contributed by atoms with Crippen LogP contribution >= 0.6 is 0 Å². The lowest BCUT2D eigenvalue weighted by Crippen LogP contribution is -2.32. The Morgan fingerprint density at radius 3 is 3.13 bits per heavy atom. The predicted molar refractivity (Wildman–Crippen MR) is 62.7 cm³/mol. The first-order valence-corrected chi connectivity index (χ1v) is 5.91.